The standard InChI is InChI=1S/C12H18O2/c1-11(2)8-4-5-12(3,10(11)14)9(6-8)7-13/h6,8,13H,4-5,7H2,1-3H3/t8-,12+/m1/s1. The number of aliphatic hydroxyl groups excluding tert-OH is 1. The number of Topliss-reactive ketones (excluding diaryl/α,β-unsaturated/α-hetero) is 1. The van der Waals surface area contributed by atoms with E-state index in [-0.39, 0.29) is 17.4 Å². The first-order valence-corrected chi connectivity index (χ1v) is 5.30. The molecule has 3 aliphatic carbocycles. The lowest BCUT2D eigenvalue weighted by molar-refractivity contribution is -0.143. The zero-order valence-corrected chi connectivity index (χ0v) is 9.13. The molecule has 0 aliphatic heterocycles. The summed E-state index contributed by atoms with van der Waals surface area (Å²) in [4.78, 5) is 12.2. The molecule has 1 N–H and O–H groups in total. The van der Waals surface area contributed by atoms with Crippen LogP contribution < -0.4 is 0 Å². The number of fused-ring (bicyclic) bond motifs is 2. The highest BCUT2D eigenvalue weighted by atomic mass is 16.3. The van der Waals surface area contributed by atoms with E-state index in [1.54, 1.807) is 0 Å². The summed E-state index contributed by atoms with van der Waals surface area (Å²) < 4.78 is 0. The summed E-state index contributed by atoms with van der Waals surface area (Å²) in [6.45, 7) is 6.08. The van der Waals surface area contributed by atoms with Crippen LogP contribution in [0.1, 0.15) is 33.6 Å². The van der Waals surface area contributed by atoms with E-state index in [0.717, 1.165) is 18.4 Å². The minimum atomic E-state index is -0.382. The van der Waals surface area contributed by atoms with Crippen LogP contribution in [0.5, 0.6) is 0 Å². The maximum absolute atomic E-state index is 12.2. The van der Waals surface area contributed by atoms with Crippen molar-refractivity contribution >= 4 is 5.78 Å². The molecule has 0 aromatic heterocycles. The third-order valence-electron chi connectivity index (χ3n) is 4.25. The molecule has 3 rings (SSSR count). The maximum atomic E-state index is 12.2. The molecule has 0 amide bonds. The Labute approximate surface area is 85.0 Å². The predicted octanol–water partition coefficient (Wildman–Crippen LogP) is 1.93. The van der Waals surface area contributed by atoms with E-state index >= 15 is 0 Å². The minimum absolute atomic E-state index is 0.0365. The number of carbonyl (C=O) groups excluding carboxylic acids is 1. The summed E-state index contributed by atoms with van der Waals surface area (Å²) in [5.74, 6) is 0.645. The molecule has 0 aromatic carbocycles. The molecule has 0 unspecified atom stereocenters. The highest BCUT2D eigenvalue weighted by Gasteiger charge is 2.54. The van der Waals surface area contributed by atoms with E-state index in [1.807, 2.05) is 20.8 Å². The first-order valence-electron chi connectivity index (χ1n) is 5.30. The second kappa shape index (κ2) is 2.69. The van der Waals surface area contributed by atoms with E-state index in [0.29, 0.717) is 11.7 Å². The molecule has 2 atom stereocenters. The molecule has 14 heavy (non-hydrogen) atoms. The topological polar surface area (TPSA) is 37.3 Å². The average molecular weight is 194 g/mol. The third kappa shape index (κ3) is 0.977. The Bertz CT molecular complexity index is 314. The Hall–Kier alpha value is -0.630. The Morgan fingerprint density at radius 1 is 1.50 bits per heavy atom. The lowest BCUT2D eigenvalue weighted by Crippen LogP contribution is -2.52. The van der Waals surface area contributed by atoms with Gasteiger partial charge in [-0.15, -0.1) is 0 Å². The lowest BCUT2D eigenvalue weighted by atomic mass is 9.51. The van der Waals surface area contributed by atoms with Crippen LogP contribution in [0.2, 0.25) is 0 Å². The fourth-order valence-electron chi connectivity index (χ4n) is 3.05. The summed E-state index contributed by atoms with van der Waals surface area (Å²) in [6.07, 6.45) is 4.12. The zero-order valence-electron chi connectivity index (χ0n) is 9.13. The summed E-state index contributed by atoms with van der Waals surface area (Å²) in [7, 11) is 0. The van der Waals surface area contributed by atoms with Gasteiger partial charge in [0, 0.05) is 10.8 Å². The number of rotatable bonds is 1. The Morgan fingerprint density at radius 3 is 2.71 bits per heavy atom. The van der Waals surface area contributed by atoms with Crippen LogP contribution in [0.25, 0.3) is 0 Å². The molecule has 2 heteroatoms. The first-order chi connectivity index (χ1) is 6.43. The molecule has 2 bridgehead atoms. The van der Waals surface area contributed by atoms with Gasteiger partial charge < -0.3 is 5.11 Å². The van der Waals surface area contributed by atoms with Crippen molar-refractivity contribution in [3.63, 3.8) is 0 Å². The number of carbonyl (C=O) groups is 1. The number of ketones is 1. The minimum Gasteiger partial charge on any atom is -0.392 e. The van der Waals surface area contributed by atoms with Crippen molar-refractivity contribution in [2.75, 3.05) is 6.61 Å². The van der Waals surface area contributed by atoms with Gasteiger partial charge in [-0.25, -0.2) is 0 Å². The van der Waals surface area contributed by atoms with Crippen molar-refractivity contribution in [3.8, 4) is 0 Å². The maximum Gasteiger partial charge on any atom is 0.149 e. The SMILES string of the molecule is CC1(C)C(=O)[C@@]2(C)CC[C@@H]1C=C2CO. The van der Waals surface area contributed by atoms with Crippen LogP contribution in [-0.4, -0.2) is 17.5 Å². The summed E-state index contributed by atoms with van der Waals surface area (Å²) in [5.41, 5.74) is 0.330. The Morgan fingerprint density at radius 2 is 2.14 bits per heavy atom. The van der Waals surface area contributed by atoms with Crippen molar-refractivity contribution < 1.29 is 9.90 Å². The molecule has 0 saturated heterocycles. The fourth-order valence-corrected chi connectivity index (χ4v) is 3.05. The molecule has 0 spiro atoms. The zero-order chi connectivity index (χ0) is 10.6. The van der Waals surface area contributed by atoms with Crippen molar-refractivity contribution in [3.05, 3.63) is 11.6 Å². The smallest absolute Gasteiger partial charge is 0.149 e. The van der Waals surface area contributed by atoms with Gasteiger partial charge in [0.25, 0.3) is 0 Å². The van der Waals surface area contributed by atoms with Gasteiger partial charge in [0.2, 0.25) is 0 Å². The van der Waals surface area contributed by atoms with Crippen LogP contribution in [0.3, 0.4) is 0 Å². The van der Waals surface area contributed by atoms with Gasteiger partial charge in [0.1, 0.15) is 5.78 Å². The molecule has 1 saturated carbocycles. The molecular formula is C12H18O2. The van der Waals surface area contributed by atoms with Crippen LogP contribution >= 0.6 is 0 Å². The molecule has 1 fully saturated rings. The molecule has 0 radical (unpaired) electrons. The van der Waals surface area contributed by atoms with Gasteiger partial charge >= 0.3 is 0 Å². The van der Waals surface area contributed by atoms with E-state index in [9.17, 15) is 9.90 Å². The summed E-state index contributed by atoms with van der Waals surface area (Å²) >= 11 is 0. The van der Waals surface area contributed by atoms with E-state index < -0.39 is 0 Å². The van der Waals surface area contributed by atoms with Crippen molar-refractivity contribution in [2.45, 2.75) is 33.6 Å². The number of hydrogen-bond acceptors (Lipinski definition) is 2. The molecule has 0 aromatic rings. The average Bonchev–Trinajstić information content (AvgIpc) is 2.14. The van der Waals surface area contributed by atoms with Crippen LogP contribution in [-0.2, 0) is 4.79 Å². The molecule has 0 heterocycles. The van der Waals surface area contributed by atoms with Crippen LogP contribution in [0.4, 0.5) is 0 Å². The van der Waals surface area contributed by atoms with Gasteiger partial charge in [-0.3, -0.25) is 4.79 Å². The van der Waals surface area contributed by atoms with Gasteiger partial charge in [-0.1, -0.05) is 19.9 Å². The molecular weight excluding hydrogens is 176 g/mol. The number of aliphatic hydroxyl groups is 1. The molecule has 3 aliphatic rings. The number of hydrogen-bond donors (Lipinski definition) is 1. The van der Waals surface area contributed by atoms with Gasteiger partial charge in [0.15, 0.2) is 0 Å². The second-order valence-corrected chi connectivity index (χ2v) is 5.38. The second-order valence-electron chi connectivity index (χ2n) is 5.38. The summed E-state index contributed by atoms with van der Waals surface area (Å²) in [6, 6.07) is 0. The highest BCUT2D eigenvalue weighted by Crippen LogP contribution is 2.55. The monoisotopic (exact) mass is 194 g/mol. The van der Waals surface area contributed by atoms with E-state index in [4.69, 9.17) is 0 Å². The van der Waals surface area contributed by atoms with Gasteiger partial charge in [-0.2, -0.15) is 0 Å². The van der Waals surface area contributed by atoms with Crippen molar-refractivity contribution in [1.29, 1.82) is 0 Å². The first kappa shape index (κ1) is 9.91. The Balaban J connectivity index is 2.53. The Kier molecular flexibility index (Phi) is 1.91. The lowest BCUT2D eigenvalue weighted by Gasteiger charge is -2.51. The van der Waals surface area contributed by atoms with Crippen LogP contribution in [0.15, 0.2) is 11.6 Å². The van der Waals surface area contributed by atoms with Crippen molar-refractivity contribution in [2.24, 2.45) is 16.7 Å². The predicted molar refractivity (Wildman–Crippen MR) is 54.8 cm³/mol. The van der Waals surface area contributed by atoms with Gasteiger partial charge in [0.05, 0.1) is 6.61 Å². The quantitative estimate of drug-likeness (QED) is 0.648. The van der Waals surface area contributed by atoms with E-state index in [2.05, 4.69) is 6.08 Å². The summed E-state index contributed by atoms with van der Waals surface area (Å²) in [5, 5.41) is 9.25. The van der Waals surface area contributed by atoms with Gasteiger partial charge in [-0.05, 0) is 31.3 Å². The van der Waals surface area contributed by atoms with Crippen molar-refractivity contribution in [1.82, 2.24) is 0 Å². The van der Waals surface area contributed by atoms with E-state index in [1.165, 1.54) is 0 Å². The highest BCUT2D eigenvalue weighted by molar-refractivity contribution is 5.94. The molecule has 2 nitrogen and oxygen atoms in total. The normalized spacial score (nSPS) is 39.9. The third-order valence-corrected chi connectivity index (χ3v) is 4.25. The molecule has 78 valence electrons. The fraction of sp³-hybridized carbons (Fsp3) is 0.750. The number of allylic oxidation sites excluding steroid dienone is 1. The largest absolute Gasteiger partial charge is 0.392 e. The van der Waals surface area contributed by atoms with Crippen LogP contribution in [0, 0.1) is 16.7 Å².